The summed E-state index contributed by atoms with van der Waals surface area (Å²) in [6.45, 7) is 6.85. The third kappa shape index (κ3) is 2.68. The Morgan fingerprint density at radius 1 is 1.26 bits per heavy atom. The monoisotopic (exact) mass is 365 g/mol. The Morgan fingerprint density at radius 2 is 2.19 bits per heavy atom. The van der Waals surface area contributed by atoms with E-state index >= 15 is 0 Å². The third-order valence-corrected chi connectivity index (χ3v) is 6.28. The molecule has 5 rings (SSSR count). The molecule has 4 heterocycles. The second-order valence-electron chi connectivity index (χ2n) is 7.88. The Kier molecular flexibility index (Phi) is 3.86. The van der Waals surface area contributed by atoms with E-state index in [0.29, 0.717) is 11.7 Å². The Morgan fingerprint density at radius 3 is 2.96 bits per heavy atom. The summed E-state index contributed by atoms with van der Waals surface area (Å²) in [5.74, 6) is 2.88. The lowest BCUT2D eigenvalue weighted by Gasteiger charge is -2.24. The number of pyridine rings is 1. The summed E-state index contributed by atoms with van der Waals surface area (Å²) in [6, 6.07) is 3.85. The van der Waals surface area contributed by atoms with Crippen molar-refractivity contribution in [3.05, 3.63) is 47.4 Å². The van der Waals surface area contributed by atoms with E-state index in [1.165, 1.54) is 18.4 Å². The average molecular weight is 365 g/mol. The molecule has 0 amide bonds. The SMILES string of the molecule is Cc1noc(C)c1CN1C[C@H]2CCC[C@@]2(c2nc(-c3cccnc3)no2)C1. The summed E-state index contributed by atoms with van der Waals surface area (Å²) in [7, 11) is 0. The second kappa shape index (κ2) is 6.27. The third-order valence-electron chi connectivity index (χ3n) is 6.28. The van der Waals surface area contributed by atoms with Crippen LogP contribution < -0.4 is 0 Å². The summed E-state index contributed by atoms with van der Waals surface area (Å²) >= 11 is 0. The van der Waals surface area contributed by atoms with E-state index in [2.05, 4.69) is 20.2 Å². The Balaban J connectivity index is 1.42. The number of aromatic nitrogens is 4. The quantitative estimate of drug-likeness (QED) is 0.702. The van der Waals surface area contributed by atoms with Gasteiger partial charge in [0, 0.05) is 43.2 Å². The first-order chi connectivity index (χ1) is 13.2. The molecule has 0 aromatic carbocycles. The van der Waals surface area contributed by atoms with Crippen molar-refractivity contribution in [2.45, 2.75) is 45.1 Å². The maximum absolute atomic E-state index is 5.79. The van der Waals surface area contributed by atoms with Crippen molar-refractivity contribution in [3.8, 4) is 11.4 Å². The number of hydrogen-bond donors (Lipinski definition) is 0. The highest BCUT2D eigenvalue weighted by molar-refractivity contribution is 5.52. The maximum atomic E-state index is 5.79. The molecule has 27 heavy (non-hydrogen) atoms. The molecule has 0 spiro atoms. The smallest absolute Gasteiger partial charge is 0.234 e. The maximum Gasteiger partial charge on any atom is 0.234 e. The van der Waals surface area contributed by atoms with Crippen LogP contribution in [0, 0.1) is 19.8 Å². The molecule has 3 aromatic rings. The summed E-state index contributed by atoms with van der Waals surface area (Å²) in [6.07, 6.45) is 7.05. The van der Waals surface area contributed by atoms with Crippen molar-refractivity contribution in [3.63, 3.8) is 0 Å². The summed E-state index contributed by atoms with van der Waals surface area (Å²) in [5.41, 5.74) is 3.04. The topological polar surface area (TPSA) is 81.1 Å². The zero-order valence-electron chi connectivity index (χ0n) is 15.7. The van der Waals surface area contributed by atoms with Crippen LogP contribution in [0.5, 0.6) is 0 Å². The molecule has 0 bridgehead atoms. The van der Waals surface area contributed by atoms with Gasteiger partial charge in [0.25, 0.3) is 0 Å². The van der Waals surface area contributed by atoms with Gasteiger partial charge in [0.1, 0.15) is 5.76 Å². The van der Waals surface area contributed by atoms with Crippen LogP contribution in [0.1, 0.15) is 42.2 Å². The Hall–Kier alpha value is -2.54. The van der Waals surface area contributed by atoms with Crippen LogP contribution in [0.2, 0.25) is 0 Å². The van der Waals surface area contributed by atoms with E-state index in [9.17, 15) is 0 Å². The molecule has 2 aliphatic rings. The number of likely N-dealkylation sites (tertiary alicyclic amines) is 1. The van der Waals surface area contributed by atoms with Crippen LogP contribution in [-0.4, -0.2) is 38.3 Å². The van der Waals surface area contributed by atoms with Crippen LogP contribution in [0.15, 0.2) is 33.6 Å². The molecule has 7 heteroatoms. The van der Waals surface area contributed by atoms with Crippen LogP contribution >= 0.6 is 0 Å². The first-order valence-corrected chi connectivity index (χ1v) is 9.54. The minimum absolute atomic E-state index is 0.0353. The van der Waals surface area contributed by atoms with E-state index in [0.717, 1.165) is 49.0 Å². The van der Waals surface area contributed by atoms with Crippen molar-refractivity contribution >= 4 is 0 Å². The summed E-state index contributed by atoms with van der Waals surface area (Å²) in [5, 5.41) is 8.34. The van der Waals surface area contributed by atoms with Gasteiger partial charge in [-0.2, -0.15) is 4.98 Å². The van der Waals surface area contributed by atoms with Crippen molar-refractivity contribution in [1.29, 1.82) is 0 Å². The zero-order valence-corrected chi connectivity index (χ0v) is 15.7. The average Bonchev–Trinajstić information content (AvgIpc) is 3.42. The predicted octanol–water partition coefficient (Wildman–Crippen LogP) is 3.29. The molecule has 7 nitrogen and oxygen atoms in total. The molecule has 2 atom stereocenters. The number of rotatable bonds is 4. The minimum Gasteiger partial charge on any atom is -0.361 e. The molecule has 1 saturated heterocycles. The van der Waals surface area contributed by atoms with Gasteiger partial charge in [-0.05, 0) is 44.7 Å². The number of nitrogens with zero attached hydrogens (tertiary/aromatic N) is 5. The highest BCUT2D eigenvalue weighted by atomic mass is 16.5. The summed E-state index contributed by atoms with van der Waals surface area (Å²) < 4.78 is 11.1. The van der Waals surface area contributed by atoms with Crippen molar-refractivity contribution < 1.29 is 9.05 Å². The van der Waals surface area contributed by atoms with Gasteiger partial charge in [-0.25, -0.2) is 0 Å². The van der Waals surface area contributed by atoms with E-state index < -0.39 is 0 Å². The van der Waals surface area contributed by atoms with Gasteiger partial charge >= 0.3 is 0 Å². The first kappa shape index (κ1) is 16.6. The van der Waals surface area contributed by atoms with Gasteiger partial charge in [-0.1, -0.05) is 16.7 Å². The lowest BCUT2D eigenvalue weighted by Crippen LogP contribution is -2.32. The Labute approximate surface area is 157 Å². The van der Waals surface area contributed by atoms with Gasteiger partial charge in [0.15, 0.2) is 0 Å². The molecule has 1 aliphatic carbocycles. The fourth-order valence-corrected chi connectivity index (χ4v) is 4.85. The van der Waals surface area contributed by atoms with E-state index in [1.54, 1.807) is 12.4 Å². The van der Waals surface area contributed by atoms with Crippen molar-refractivity contribution in [1.82, 2.24) is 25.2 Å². The lowest BCUT2D eigenvalue weighted by atomic mass is 9.80. The molecule has 3 aromatic heterocycles. The fraction of sp³-hybridized carbons (Fsp3) is 0.500. The number of aryl methyl sites for hydroxylation is 2. The standard InChI is InChI=1S/C20H23N5O2/c1-13-17(14(2)26-23-13)11-25-10-16-6-3-7-20(16,12-25)19-22-18(24-27-19)15-5-4-8-21-9-15/h4-5,8-9,16H,3,6-7,10-12H2,1-2H3/t16-,20-/m1/s1. The predicted molar refractivity (Wildman–Crippen MR) is 97.8 cm³/mol. The van der Waals surface area contributed by atoms with Gasteiger partial charge in [0.05, 0.1) is 11.1 Å². The molecule has 0 N–H and O–H groups in total. The normalized spacial score (nSPS) is 25.2. The van der Waals surface area contributed by atoms with Crippen molar-refractivity contribution in [2.75, 3.05) is 13.1 Å². The lowest BCUT2D eigenvalue weighted by molar-refractivity contribution is 0.244. The van der Waals surface area contributed by atoms with Crippen LogP contribution in [0.3, 0.4) is 0 Å². The van der Waals surface area contributed by atoms with Crippen LogP contribution in [-0.2, 0) is 12.0 Å². The second-order valence-corrected chi connectivity index (χ2v) is 7.88. The largest absolute Gasteiger partial charge is 0.361 e. The molecule has 2 fully saturated rings. The fourth-order valence-electron chi connectivity index (χ4n) is 4.85. The number of hydrogen-bond acceptors (Lipinski definition) is 7. The van der Waals surface area contributed by atoms with Gasteiger partial charge < -0.3 is 9.05 Å². The zero-order chi connectivity index (χ0) is 18.4. The molecule has 1 saturated carbocycles. The van der Waals surface area contributed by atoms with Gasteiger partial charge in [-0.3, -0.25) is 9.88 Å². The molecule has 1 aliphatic heterocycles. The van der Waals surface area contributed by atoms with Crippen molar-refractivity contribution in [2.24, 2.45) is 5.92 Å². The molecule has 0 unspecified atom stereocenters. The highest BCUT2D eigenvalue weighted by Gasteiger charge is 2.54. The van der Waals surface area contributed by atoms with Gasteiger partial charge in [-0.15, -0.1) is 0 Å². The van der Waals surface area contributed by atoms with Crippen LogP contribution in [0.25, 0.3) is 11.4 Å². The highest BCUT2D eigenvalue weighted by Crippen LogP contribution is 2.50. The molecule has 140 valence electrons. The van der Waals surface area contributed by atoms with Gasteiger partial charge in [0.2, 0.25) is 11.7 Å². The van der Waals surface area contributed by atoms with Crippen LogP contribution in [0.4, 0.5) is 0 Å². The van der Waals surface area contributed by atoms with E-state index in [-0.39, 0.29) is 5.41 Å². The minimum atomic E-state index is -0.0353. The van der Waals surface area contributed by atoms with E-state index in [4.69, 9.17) is 14.0 Å². The number of fused-ring (bicyclic) bond motifs is 1. The molecular formula is C20H23N5O2. The Bertz CT molecular complexity index is 931. The molecular weight excluding hydrogens is 342 g/mol. The molecule has 0 radical (unpaired) electrons. The summed E-state index contributed by atoms with van der Waals surface area (Å²) in [4.78, 5) is 11.4. The first-order valence-electron chi connectivity index (χ1n) is 9.54. The van der Waals surface area contributed by atoms with E-state index in [1.807, 2.05) is 26.0 Å².